The second kappa shape index (κ2) is 8.88. The van der Waals surface area contributed by atoms with Crippen molar-refractivity contribution < 1.29 is 9.05 Å². The van der Waals surface area contributed by atoms with Crippen molar-refractivity contribution in [2.24, 2.45) is 0 Å². The minimum absolute atomic E-state index is 0.618. The van der Waals surface area contributed by atoms with E-state index in [1.54, 1.807) is 0 Å². The number of nitrogens with zero attached hydrogens (tertiary/aromatic N) is 3. The van der Waals surface area contributed by atoms with Gasteiger partial charge < -0.3 is 9.05 Å². The summed E-state index contributed by atoms with van der Waals surface area (Å²) >= 11 is 0. The molecule has 1 heterocycles. The van der Waals surface area contributed by atoms with Gasteiger partial charge in [-0.25, -0.2) is 0 Å². The summed E-state index contributed by atoms with van der Waals surface area (Å²) in [6.07, 6.45) is 4.01. The average Bonchev–Trinajstić information content (AvgIpc) is 2.97. The predicted octanol–water partition coefficient (Wildman–Crippen LogP) is 2.92. The molecule has 21 heavy (non-hydrogen) atoms. The van der Waals surface area contributed by atoms with Gasteiger partial charge in [-0.05, 0) is 32.3 Å². The number of aryl methyl sites for hydroxylation is 2. The second-order valence-corrected chi connectivity index (χ2v) is 6.01. The third-order valence-electron chi connectivity index (χ3n) is 2.90. The molecule has 0 atom stereocenters. The highest BCUT2D eigenvalue weighted by atomic mass is 31.2. The number of aromatic nitrogens is 3. The van der Waals surface area contributed by atoms with E-state index in [4.69, 9.17) is 9.05 Å². The first-order chi connectivity index (χ1) is 10.3. The van der Waals surface area contributed by atoms with Gasteiger partial charge in [-0.3, -0.25) is 4.68 Å². The fourth-order valence-electron chi connectivity index (χ4n) is 1.98. The predicted molar refractivity (Wildman–Crippen MR) is 84.6 cm³/mol. The molecule has 114 valence electrons. The molecule has 0 N–H and O–H groups in total. The molecule has 0 radical (unpaired) electrons. The normalized spacial score (nSPS) is 11.2. The van der Waals surface area contributed by atoms with Crippen LogP contribution < -0.4 is 5.44 Å². The second-order valence-electron chi connectivity index (χ2n) is 4.52. The molecule has 6 heteroatoms. The molecule has 0 fully saturated rings. The van der Waals surface area contributed by atoms with E-state index in [9.17, 15) is 0 Å². The van der Waals surface area contributed by atoms with E-state index in [-0.39, 0.29) is 0 Å². The van der Waals surface area contributed by atoms with Crippen molar-refractivity contribution in [1.82, 2.24) is 15.0 Å². The van der Waals surface area contributed by atoms with Crippen LogP contribution in [0.4, 0.5) is 0 Å². The SMILES string of the molecule is CCOP(OCC)c1cn(CCCc2ccccc2)nn1. The smallest absolute Gasteiger partial charge is 0.228 e. The molecule has 1 aromatic heterocycles. The van der Waals surface area contributed by atoms with Gasteiger partial charge in [0.05, 0.1) is 19.4 Å². The number of rotatable bonds is 9. The Kier molecular flexibility index (Phi) is 6.80. The maximum Gasteiger partial charge on any atom is 0.228 e. The summed E-state index contributed by atoms with van der Waals surface area (Å²) in [4.78, 5) is 0. The Morgan fingerprint density at radius 3 is 2.48 bits per heavy atom. The van der Waals surface area contributed by atoms with Crippen LogP contribution in [0, 0.1) is 0 Å². The van der Waals surface area contributed by atoms with Crippen molar-refractivity contribution in [2.75, 3.05) is 13.2 Å². The Labute approximate surface area is 127 Å². The Bertz CT molecular complexity index is 513. The summed E-state index contributed by atoms with van der Waals surface area (Å²) in [5, 5.41) is 8.33. The molecule has 5 nitrogen and oxygen atoms in total. The molecular formula is C15H22N3O2P. The van der Waals surface area contributed by atoms with Crippen LogP contribution >= 0.6 is 8.38 Å². The van der Waals surface area contributed by atoms with Crippen LogP contribution in [0.1, 0.15) is 25.8 Å². The van der Waals surface area contributed by atoms with Crippen LogP contribution in [-0.2, 0) is 22.0 Å². The van der Waals surface area contributed by atoms with Crippen LogP contribution in [0.25, 0.3) is 0 Å². The lowest BCUT2D eigenvalue weighted by Crippen LogP contribution is -2.07. The zero-order valence-electron chi connectivity index (χ0n) is 12.6. The lowest BCUT2D eigenvalue weighted by molar-refractivity contribution is 0.277. The van der Waals surface area contributed by atoms with Gasteiger partial charge in [-0.1, -0.05) is 35.5 Å². The quantitative estimate of drug-likeness (QED) is 0.668. The van der Waals surface area contributed by atoms with Crippen molar-refractivity contribution >= 4 is 13.8 Å². The summed E-state index contributed by atoms with van der Waals surface area (Å²) in [6.45, 7) is 6.00. The van der Waals surface area contributed by atoms with E-state index in [1.807, 2.05) is 30.8 Å². The highest BCUT2D eigenvalue weighted by molar-refractivity contribution is 7.55. The Morgan fingerprint density at radius 2 is 1.81 bits per heavy atom. The number of benzene rings is 1. The standard InChI is InChI=1S/C15H22N3O2P/c1-3-19-21(20-4-2)15-13-18(17-16-15)12-8-11-14-9-6-5-7-10-14/h5-7,9-10,13H,3-4,8,11-12H2,1-2H3. The van der Waals surface area contributed by atoms with Crippen molar-refractivity contribution in [3.8, 4) is 0 Å². The topological polar surface area (TPSA) is 49.2 Å². The van der Waals surface area contributed by atoms with E-state index in [0.29, 0.717) is 13.2 Å². The molecule has 0 unspecified atom stereocenters. The van der Waals surface area contributed by atoms with Gasteiger partial charge >= 0.3 is 0 Å². The molecule has 2 aromatic rings. The molecule has 0 saturated heterocycles. The van der Waals surface area contributed by atoms with Gasteiger partial charge in [-0.2, -0.15) is 0 Å². The zero-order valence-corrected chi connectivity index (χ0v) is 13.5. The van der Waals surface area contributed by atoms with Gasteiger partial charge in [-0.15, -0.1) is 5.10 Å². The van der Waals surface area contributed by atoms with Gasteiger partial charge in [0.25, 0.3) is 0 Å². The minimum atomic E-state index is -1.09. The van der Waals surface area contributed by atoms with Gasteiger partial charge in [0, 0.05) is 6.54 Å². The Morgan fingerprint density at radius 1 is 1.10 bits per heavy atom. The van der Waals surface area contributed by atoms with E-state index in [2.05, 4.69) is 34.6 Å². The first-order valence-electron chi connectivity index (χ1n) is 7.33. The van der Waals surface area contributed by atoms with Crippen LogP contribution in [0.3, 0.4) is 0 Å². The molecule has 0 aliphatic heterocycles. The molecule has 0 aliphatic carbocycles. The van der Waals surface area contributed by atoms with E-state index in [1.165, 1.54) is 5.56 Å². The average molecular weight is 307 g/mol. The van der Waals surface area contributed by atoms with Gasteiger partial charge in [0.15, 0.2) is 5.44 Å². The molecule has 0 spiro atoms. The molecule has 0 aliphatic rings. The van der Waals surface area contributed by atoms with Crippen molar-refractivity contribution in [1.29, 1.82) is 0 Å². The summed E-state index contributed by atoms with van der Waals surface area (Å²) in [6, 6.07) is 10.5. The highest BCUT2D eigenvalue weighted by Gasteiger charge is 2.16. The lowest BCUT2D eigenvalue weighted by atomic mass is 10.1. The number of hydrogen-bond acceptors (Lipinski definition) is 4. The fourth-order valence-corrected chi connectivity index (χ4v) is 3.12. The molecule has 1 aromatic carbocycles. The molecule has 0 bridgehead atoms. The minimum Gasteiger partial charge on any atom is -0.330 e. The molecular weight excluding hydrogens is 285 g/mol. The van der Waals surface area contributed by atoms with E-state index in [0.717, 1.165) is 24.8 Å². The molecule has 0 saturated carbocycles. The Hall–Kier alpha value is -1.29. The third kappa shape index (κ3) is 5.20. The Balaban J connectivity index is 1.84. The summed E-state index contributed by atoms with van der Waals surface area (Å²) in [7, 11) is -1.09. The van der Waals surface area contributed by atoms with E-state index < -0.39 is 8.38 Å². The van der Waals surface area contributed by atoms with Crippen LogP contribution in [0.2, 0.25) is 0 Å². The first-order valence-corrected chi connectivity index (χ1v) is 8.51. The monoisotopic (exact) mass is 307 g/mol. The highest BCUT2D eigenvalue weighted by Crippen LogP contribution is 2.35. The zero-order chi connectivity index (χ0) is 14.9. The summed E-state index contributed by atoms with van der Waals surface area (Å²) < 4.78 is 13.0. The maximum atomic E-state index is 5.58. The molecule has 2 rings (SSSR count). The summed E-state index contributed by atoms with van der Waals surface area (Å²) in [5.74, 6) is 0. The lowest BCUT2D eigenvalue weighted by Gasteiger charge is -2.11. The maximum absolute atomic E-state index is 5.58. The van der Waals surface area contributed by atoms with Crippen molar-refractivity contribution in [3.63, 3.8) is 0 Å². The van der Waals surface area contributed by atoms with Gasteiger partial charge in [0.2, 0.25) is 8.38 Å². The molecule has 0 amide bonds. The van der Waals surface area contributed by atoms with Crippen LogP contribution in [-0.4, -0.2) is 28.2 Å². The first kappa shape index (κ1) is 16.1. The van der Waals surface area contributed by atoms with Crippen molar-refractivity contribution in [2.45, 2.75) is 33.2 Å². The van der Waals surface area contributed by atoms with E-state index >= 15 is 0 Å². The van der Waals surface area contributed by atoms with Crippen molar-refractivity contribution in [3.05, 3.63) is 42.1 Å². The van der Waals surface area contributed by atoms with Gasteiger partial charge in [0.1, 0.15) is 0 Å². The summed E-state index contributed by atoms with van der Waals surface area (Å²) in [5.41, 5.74) is 2.15. The fraction of sp³-hybridized carbons (Fsp3) is 0.467. The third-order valence-corrected chi connectivity index (χ3v) is 4.47. The van der Waals surface area contributed by atoms with Crippen LogP contribution in [0.5, 0.6) is 0 Å². The number of hydrogen-bond donors (Lipinski definition) is 0. The largest absolute Gasteiger partial charge is 0.330 e. The van der Waals surface area contributed by atoms with Crippen LogP contribution in [0.15, 0.2) is 36.5 Å².